The first-order valence-electron chi connectivity index (χ1n) is 7.75. The van der Waals surface area contributed by atoms with Crippen molar-refractivity contribution in [2.24, 2.45) is 0 Å². The van der Waals surface area contributed by atoms with Crippen molar-refractivity contribution in [2.45, 2.75) is 25.9 Å². The van der Waals surface area contributed by atoms with Crippen molar-refractivity contribution in [2.75, 3.05) is 11.4 Å². The van der Waals surface area contributed by atoms with Crippen LogP contribution in [0.15, 0.2) is 48.5 Å². The summed E-state index contributed by atoms with van der Waals surface area (Å²) in [6.07, 6.45) is 1.39. The van der Waals surface area contributed by atoms with Crippen LogP contribution >= 0.6 is 0 Å². The van der Waals surface area contributed by atoms with Gasteiger partial charge in [0.25, 0.3) is 5.91 Å². The molecule has 0 spiro atoms. The minimum atomic E-state index is -0.575. The van der Waals surface area contributed by atoms with Crippen LogP contribution in [-0.2, 0) is 11.2 Å². The molecule has 1 aliphatic rings. The third-order valence-corrected chi connectivity index (χ3v) is 4.02. The van der Waals surface area contributed by atoms with Gasteiger partial charge >= 0.3 is 0 Å². The normalized spacial score (nSPS) is 14.5. The monoisotopic (exact) mass is 306 g/mol. The number of anilines is 1. The molecule has 2 aromatic carbocycles. The minimum absolute atomic E-state index is 0.0403. The van der Waals surface area contributed by atoms with Crippen molar-refractivity contribution in [3.05, 3.63) is 59.7 Å². The number of nitrogens with zero attached hydrogens (tertiary/aromatic N) is 2. The summed E-state index contributed by atoms with van der Waals surface area (Å²) in [6, 6.07) is 16.9. The molecule has 4 nitrogen and oxygen atoms in total. The largest absolute Gasteiger partial charge is 0.481 e. The van der Waals surface area contributed by atoms with Gasteiger partial charge in [0.2, 0.25) is 0 Å². The number of hydrogen-bond donors (Lipinski definition) is 0. The maximum atomic E-state index is 12.7. The predicted molar refractivity (Wildman–Crippen MR) is 88.4 cm³/mol. The Hall–Kier alpha value is -2.80. The summed E-state index contributed by atoms with van der Waals surface area (Å²) >= 11 is 0. The first-order chi connectivity index (χ1) is 11.2. The summed E-state index contributed by atoms with van der Waals surface area (Å²) in [5.74, 6) is 0.552. The molecular formula is C19H18N2O2. The van der Waals surface area contributed by atoms with Crippen molar-refractivity contribution in [3.8, 4) is 11.8 Å². The molecule has 0 aromatic heterocycles. The Bertz CT molecular complexity index is 747. The van der Waals surface area contributed by atoms with E-state index >= 15 is 0 Å². The lowest BCUT2D eigenvalue weighted by molar-refractivity contribution is -0.124. The number of amides is 1. The van der Waals surface area contributed by atoms with Crippen LogP contribution in [0.3, 0.4) is 0 Å². The molecule has 2 aromatic rings. The van der Waals surface area contributed by atoms with Crippen molar-refractivity contribution >= 4 is 11.6 Å². The summed E-state index contributed by atoms with van der Waals surface area (Å²) in [5, 5.41) is 8.81. The van der Waals surface area contributed by atoms with Crippen molar-refractivity contribution < 1.29 is 9.53 Å². The molecule has 1 atom stereocenters. The highest BCUT2D eigenvalue weighted by atomic mass is 16.5. The first-order valence-corrected chi connectivity index (χ1v) is 7.75. The van der Waals surface area contributed by atoms with Crippen LogP contribution in [0.4, 0.5) is 5.69 Å². The van der Waals surface area contributed by atoms with E-state index in [0.29, 0.717) is 11.3 Å². The van der Waals surface area contributed by atoms with E-state index < -0.39 is 6.10 Å². The van der Waals surface area contributed by atoms with E-state index in [9.17, 15) is 4.79 Å². The van der Waals surface area contributed by atoms with Gasteiger partial charge in [0.15, 0.2) is 6.10 Å². The molecule has 4 heteroatoms. The molecule has 0 saturated carbocycles. The van der Waals surface area contributed by atoms with Gasteiger partial charge in [-0.15, -0.1) is 0 Å². The third kappa shape index (κ3) is 3.19. The van der Waals surface area contributed by atoms with Crippen molar-refractivity contribution in [1.29, 1.82) is 5.26 Å². The molecule has 116 valence electrons. The van der Waals surface area contributed by atoms with E-state index in [2.05, 4.69) is 12.1 Å². The Labute approximate surface area is 135 Å². The highest BCUT2D eigenvalue weighted by Crippen LogP contribution is 2.27. The number of nitriles is 1. The molecule has 0 fully saturated rings. The van der Waals surface area contributed by atoms with Crippen LogP contribution in [-0.4, -0.2) is 18.6 Å². The van der Waals surface area contributed by atoms with Crippen LogP contribution in [0, 0.1) is 11.3 Å². The zero-order chi connectivity index (χ0) is 16.2. The topological polar surface area (TPSA) is 53.3 Å². The number of aryl methyl sites for hydroxylation is 1. The van der Waals surface area contributed by atoms with Crippen molar-refractivity contribution in [3.63, 3.8) is 0 Å². The molecule has 1 aliphatic heterocycles. The average molecular weight is 306 g/mol. The fraction of sp³-hybridized carbons (Fsp3) is 0.263. The summed E-state index contributed by atoms with van der Waals surface area (Å²) < 4.78 is 5.74. The number of fused-ring (bicyclic) bond motifs is 1. The quantitative estimate of drug-likeness (QED) is 0.874. The molecule has 1 unspecified atom stereocenters. The highest BCUT2D eigenvalue weighted by molar-refractivity contribution is 5.97. The van der Waals surface area contributed by atoms with Crippen LogP contribution in [0.25, 0.3) is 0 Å². The van der Waals surface area contributed by atoms with Gasteiger partial charge in [-0.1, -0.05) is 18.2 Å². The molecule has 0 aliphatic carbocycles. The molecule has 23 heavy (non-hydrogen) atoms. The van der Waals surface area contributed by atoms with Gasteiger partial charge in [0.1, 0.15) is 5.75 Å². The van der Waals surface area contributed by atoms with Gasteiger partial charge in [-0.3, -0.25) is 4.79 Å². The van der Waals surface area contributed by atoms with Crippen molar-refractivity contribution in [1.82, 2.24) is 0 Å². The van der Waals surface area contributed by atoms with E-state index in [-0.39, 0.29) is 5.91 Å². The zero-order valence-electron chi connectivity index (χ0n) is 13.0. The lowest BCUT2D eigenvalue weighted by Gasteiger charge is -2.31. The van der Waals surface area contributed by atoms with Gasteiger partial charge in [0.05, 0.1) is 11.6 Å². The Morgan fingerprint density at radius 2 is 1.96 bits per heavy atom. The van der Waals surface area contributed by atoms with Gasteiger partial charge in [-0.2, -0.15) is 5.26 Å². The second kappa shape index (κ2) is 6.53. The Morgan fingerprint density at radius 1 is 1.22 bits per heavy atom. The van der Waals surface area contributed by atoms with Crippen LogP contribution in [0.2, 0.25) is 0 Å². The fourth-order valence-electron chi connectivity index (χ4n) is 2.84. The fourth-order valence-corrected chi connectivity index (χ4v) is 2.84. The molecular weight excluding hydrogens is 288 g/mol. The Morgan fingerprint density at radius 3 is 2.70 bits per heavy atom. The number of para-hydroxylation sites is 1. The standard InChI is InChI=1S/C19H18N2O2/c1-14(23-17-10-8-15(13-20)9-11-17)19(22)21-12-4-6-16-5-2-3-7-18(16)21/h2-3,5,7-11,14H,4,6,12H2,1H3. The maximum absolute atomic E-state index is 12.7. The van der Waals surface area contributed by atoms with Crippen LogP contribution in [0.1, 0.15) is 24.5 Å². The molecule has 0 radical (unpaired) electrons. The third-order valence-electron chi connectivity index (χ3n) is 4.02. The lowest BCUT2D eigenvalue weighted by Crippen LogP contribution is -2.43. The van der Waals surface area contributed by atoms with Gasteiger partial charge < -0.3 is 9.64 Å². The van der Waals surface area contributed by atoms with Gasteiger partial charge in [0, 0.05) is 12.2 Å². The van der Waals surface area contributed by atoms with Crippen LogP contribution < -0.4 is 9.64 Å². The van der Waals surface area contributed by atoms with E-state index in [1.165, 1.54) is 5.56 Å². The number of rotatable bonds is 3. The van der Waals surface area contributed by atoms with E-state index in [0.717, 1.165) is 25.1 Å². The highest BCUT2D eigenvalue weighted by Gasteiger charge is 2.27. The van der Waals surface area contributed by atoms with Gasteiger partial charge in [-0.05, 0) is 55.7 Å². The number of carbonyl (C=O) groups is 1. The molecule has 1 amide bonds. The van der Waals surface area contributed by atoms with E-state index in [1.807, 2.05) is 23.1 Å². The average Bonchev–Trinajstić information content (AvgIpc) is 2.61. The molecule has 0 bridgehead atoms. The summed E-state index contributed by atoms with van der Waals surface area (Å²) in [6.45, 7) is 2.48. The first kappa shape index (κ1) is 15.1. The summed E-state index contributed by atoms with van der Waals surface area (Å²) in [4.78, 5) is 14.5. The molecule has 3 rings (SSSR count). The smallest absolute Gasteiger partial charge is 0.267 e. The Balaban J connectivity index is 1.74. The lowest BCUT2D eigenvalue weighted by atomic mass is 10.0. The van der Waals surface area contributed by atoms with Gasteiger partial charge in [-0.25, -0.2) is 0 Å². The number of hydrogen-bond acceptors (Lipinski definition) is 3. The summed E-state index contributed by atoms with van der Waals surface area (Å²) in [7, 11) is 0. The van der Waals surface area contributed by atoms with Crippen LogP contribution in [0.5, 0.6) is 5.75 Å². The molecule has 1 heterocycles. The molecule has 0 saturated heterocycles. The molecule has 0 N–H and O–H groups in total. The van der Waals surface area contributed by atoms with E-state index in [4.69, 9.17) is 10.00 Å². The zero-order valence-corrected chi connectivity index (χ0v) is 13.0. The number of benzene rings is 2. The number of carbonyl (C=O) groups excluding carboxylic acids is 1. The maximum Gasteiger partial charge on any atom is 0.267 e. The van der Waals surface area contributed by atoms with E-state index in [1.54, 1.807) is 31.2 Å². The Kier molecular flexibility index (Phi) is 4.29. The predicted octanol–water partition coefficient (Wildman–Crippen LogP) is 3.30. The second-order valence-corrected chi connectivity index (χ2v) is 5.62. The minimum Gasteiger partial charge on any atom is -0.481 e. The summed E-state index contributed by atoms with van der Waals surface area (Å²) in [5.41, 5.74) is 2.76. The number of ether oxygens (including phenoxy) is 1. The second-order valence-electron chi connectivity index (χ2n) is 5.62. The SMILES string of the molecule is CC(Oc1ccc(C#N)cc1)C(=O)N1CCCc2ccccc21.